The molecule has 8 heteroatoms. The summed E-state index contributed by atoms with van der Waals surface area (Å²) < 4.78 is 52.2. The van der Waals surface area contributed by atoms with Crippen molar-refractivity contribution < 1.29 is 22.4 Å². The van der Waals surface area contributed by atoms with Crippen LogP contribution < -0.4 is 5.32 Å². The summed E-state index contributed by atoms with van der Waals surface area (Å²) in [5.41, 5.74) is -0.395. The van der Waals surface area contributed by atoms with E-state index in [1.807, 2.05) is 5.32 Å². The molecule has 23 heavy (non-hydrogen) atoms. The van der Waals surface area contributed by atoms with Crippen LogP contribution in [0.25, 0.3) is 0 Å². The topological polar surface area (TPSA) is 65.8 Å². The second kappa shape index (κ2) is 6.44. The third kappa shape index (κ3) is 4.03. The molecule has 2 rings (SSSR count). The van der Waals surface area contributed by atoms with Crippen LogP contribution in [-0.2, 0) is 0 Å². The maximum Gasteiger partial charge on any atom is 0.412 e. The van der Waals surface area contributed by atoms with Crippen LogP contribution in [0.15, 0.2) is 42.6 Å². The molecular formula is C15H9F4N3O. The van der Waals surface area contributed by atoms with Crippen molar-refractivity contribution in [3.05, 3.63) is 65.2 Å². The fraction of sp³-hybridized carbons (Fsp3) is 0.133. The molecule has 1 heterocycles. The van der Waals surface area contributed by atoms with E-state index in [0.717, 1.165) is 36.5 Å². The summed E-state index contributed by atoms with van der Waals surface area (Å²) in [6, 6.07) is 5.53. The second-order valence-electron chi connectivity index (χ2n) is 4.54. The molecule has 4 nitrogen and oxygen atoms in total. The number of aromatic nitrogens is 1. The van der Waals surface area contributed by atoms with Crippen LogP contribution in [0.4, 0.5) is 17.6 Å². The molecule has 0 bridgehead atoms. The Balaban J connectivity index is 2.25. The van der Waals surface area contributed by atoms with Gasteiger partial charge >= 0.3 is 6.18 Å². The molecule has 118 valence electrons. The lowest BCUT2D eigenvalue weighted by Crippen LogP contribution is -2.38. The Morgan fingerprint density at radius 3 is 2.30 bits per heavy atom. The number of hydrogen-bond donors (Lipinski definition) is 1. The van der Waals surface area contributed by atoms with Crippen molar-refractivity contribution in [3.8, 4) is 6.07 Å². The Hall–Kier alpha value is -2.95. The molecule has 0 aliphatic heterocycles. The molecule has 0 spiro atoms. The van der Waals surface area contributed by atoms with Gasteiger partial charge in [-0.05, 0) is 29.8 Å². The number of amides is 1. The number of benzene rings is 1. The molecule has 1 atom stereocenters. The summed E-state index contributed by atoms with van der Waals surface area (Å²) in [5, 5.41) is 10.4. The molecule has 1 aromatic heterocycles. The fourth-order valence-corrected chi connectivity index (χ4v) is 1.81. The van der Waals surface area contributed by atoms with Gasteiger partial charge in [0.1, 0.15) is 17.6 Å². The predicted octanol–water partition coefficient (Wildman–Crippen LogP) is 3.13. The van der Waals surface area contributed by atoms with E-state index in [1.165, 1.54) is 6.07 Å². The summed E-state index contributed by atoms with van der Waals surface area (Å²) in [7, 11) is 0. The zero-order valence-electron chi connectivity index (χ0n) is 11.4. The molecule has 0 aliphatic rings. The largest absolute Gasteiger partial charge is 0.412 e. The van der Waals surface area contributed by atoms with Crippen molar-refractivity contribution in [1.29, 1.82) is 5.26 Å². The van der Waals surface area contributed by atoms with Gasteiger partial charge in [0.25, 0.3) is 5.91 Å². The lowest BCUT2D eigenvalue weighted by Gasteiger charge is -2.21. The van der Waals surface area contributed by atoms with Crippen LogP contribution in [0, 0.1) is 17.1 Å². The van der Waals surface area contributed by atoms with Crippen molar-refractivity contribution in [1.82, 2.24) is 10.3 Å². The van der Waals surface area contributed by atoms with E-state index in [1.54, 1.807) is 6.07 Å². The lowest BCUT2D eigenvalue weighted by atomic mass is 10.1. The average molecular weight is 323 g/mol. The van der Waals surface area contributed by atoms with Crippen molar-refractivity contribution >= 4 is 5.91 Å². The van der Waals surface area contributed by atoms with Crippen LogP contribution in [0.3, 0.4) is 0 Å². The van der Waals surface area contributed by atoms with Gasteiger partial charge in [-0.2, -0.15) is 18.4 Å². The number of carbonyl (C=O) groups excluding carboxylic acids is 1. The quantitative estimate of drug-likeness (QED) is 0.883. The molecule has 0 saturated carbocycles. The Morgan fingerprint density at radius 1 is 1.17 bits per heavy atom. The highest BCUT2D eigenvalue weighted by atomic mass is 19.4. The minimum atomic E-state index is -4.76. The van der Waals surface area contributed by atoms with Crippen molar-refractivity contribution in [2.45, 2.75) is 12.2 Å². The Morgan fingerprint density at radius 2 is 1.83 bits per heavy atom. The lowest BCUT2D eigenvalue weighted by molar-refractivity contribution is -0.155. The van der Waals surface area contributed by atoms with Gasteiger partial charge in [0.05, 0.1) is 5.56 Å². The van der Waals surface area contributed by atoms with E-state index >= 15 is 0 Å². The van der Waals surface area contributed by atoms with Crippen LogP contribution in [0.5, 0.6) is 0 Å². The number of hydrogen-bond acceptors (Lipinski definition) is 3. The van der Waals surface area contributed by atoms with E-state index in [0.29, 0.717) is 0 Å². The van der Waals surface area contributed by atoms with E-state index in [4.69, 9.17) is 5.26 Å². The van der Waals surface area contributed by atoms with Gasteiger partial charge in [-0.25, -0.2) is 9.37 Å². The van der Waals surface area contributed by atoms with Gasteiger partial charge in [-0.1, -0.05) is 12.1 Å². The highest BCUT2D eigenvalue weighted by Crippen LogP contribution is 2.32. The molecule has 0 aliphatic carbocycles. The van der Waals surface area contributed by atoms with E-state index in [9.17, 15) is 22.4 Å². The zero-order chi connectivity index (χ0) is 17.0. The van der Waals surface area contributed by atoms with Gasteiger partial charge in [0.15, 0.2) is 6.04 Å². The molecule has 2 aromatic rings. The van der Waals surface area contributed by atoms with Gasteiger partial charge in [0, 0.05) is 6.20 Å². The van der Waals surface area contributed by atoms with E-state index < -0.39 is 23.9 Å². The number of halogens is 4. The highest BCUT2D eigenvalue weighted by Gasteiger charge is 2.42. The van der Waals surface area contributed by atoms with Crippen LogP contribution >= 0.6 is 0 Å². The number of nitriles is 1. The average Bonchev–Trinajstić information content (AvgIpc) is 2.52. The first-order valence-corrected chi connectivity index (χ1v) is 6.30. The van der Waals surface area contributed by atoms with E-state index in [-0.39, 0.29) is 16.8 Å². The standard InChI is InChI=1S/C15H9F4N3O/c16-11-4-2-10(3-5-11)13(15(17,18)19)22-14(23)12-6-1-9(7-20)8-21-12/h1-6,8,13H,(H,22,23)/t13-/m1/s1. The predicted molar refractivity (Wildman–Crippen MR) is 71.6 cm³/mol. The first-order valence-electron chi connectivity index (χ1n) is 6.30. The molecule has 0 fully saturated rings. The number of rotatable bonds is 3. The van der Waals surface area contributed by atoms with Crippen LogP contribution in [-0.4, -0.2) is 17.1 Å². The van der Waals surface area contributed by atoms with Crippen LogP contribution in [0.1, 0.15) is 27.7 Å². The Bertz CT molecular complexity index is 733. The molecular weight excluding hydrogens is 314 g/mol. The van der Waals surface area contributed by atoms with Gasteiger partial charge < -0.3 is 5.32 Å². The third-order valence-electron chi connectivity index (χ3n) is 2.93. The first kappa shape index (κ1) is 16.4. The molecule has 1 N–H and O–H groups in total. The second-order valence-corrected chi connectivity index (χ2v) is 4.54. The maximum atomic E-state index is 13.1. The van der Waals surface area contributed by atoms with Crippen molar-refractivity contribution in [2.24, 2.45) is 0 Å². The normalized spacial score (nSPS) is 12.3. The monoisotopic (exact) mass is 323 g/mol. The number of carbonyl (C=O) groups is 1. The summed E-state index contributed by atoms with van der Waals surface area (Å²) in [4.78, 5) is 15.5. The minimum Gasteiger partial charge on any atom is -0.335 e. The third-order valence-corrected chi connectivity index (χ3v) is 2.93. The maximum absolute atomic E-state index is 13.1. The summed E-state index contributed by atoms with van der Waals surface area (Å²) in [6.07, 6.45) is -3.69. The van der Waals surface area contributed by atoms with Gasteiger partial charge in [-0.3, -0.25) is 4.79 Å². The van der Waals surface area contributed by atoms with E-state index in [2.05, 4.69) is 4.98 Å². The summed E-state index contributed by atoms with van der Waals surface area (Å²) >= 11 is 0. The number of nitrogens with one attached hydrogen (secondary N) is 1. The van der Waals surface area contributed by atoms with Crippen molar-refractivity contribution in [3.63, 3.8) is 0 Å². The van der Waals surface area contributed by atoms with Gasteiger partial charge in [-0.15, -0.1) is 0 Å². The Kier molecular flexibility index (Phi) is 4.60. The SMILES string of the molecule is N#Cc1ccc(C(=O)N[C@H](c2ccc(F)cc2)C(F)(F)F)nc1. The smallest absolute Gasteiger partial charge is 0.335 e. The molecule has 0 radical (unpaired) electrons. The fourth-order valence-electron chi connectivity index (χ4n) is 1.81. The van der Waals surface area contributed by atoms with Crippen molar-refractivity contribution in [2.75, 3.05) is 0 Å². The summed E-state index contributed by atoms with van der Waals surface area (Å²) in [6.45, 7) is 0. The number of pyridine rings is 1. The van der Waals surface area contributed by atoms with Crippen LogP contribution in [0.2, 0.25) is 0 Å². The molecule has 0 saturated heterocycles. The molecule has 0 unspecified atom stereocenters. The molecule has 1 amide bonds. The number of nitrogens with zero attached hydrogens (tertiary/aromatic N) is 2. The first-order chi connectivity index (χ1) is 10.8. The zero-order valence-corrected chi connectivity index (χ0v) is 11.4. The minimum absolute atomic E-state index is 0.174. The summed E-state index contributed by atoms with van der Waals surface area (Å²) in [5.74, 6) is -1.74. The van der Waals surface area contributed by atoms with Gasteiger partial charge in [0.2, 0.25) is 0 Å². The Labute approximate surface area is 128 Å². The number of alkyl halides is 3. The molecule has 1 aromatic carbocycles. The highest BCUT2D eigenvalue weighted by molar-refractivity contribution is 5.92.